The lowest BCUT2D eigenvalue weighted by atomic mass is 9.95. The van der Waals surface area contributed by atoms with Gasteiger partial charge in [-0.1, -0.05) is 24.3 Å². The van der Waals surface area contributed by atoms with Gasteiger partial charge in [-0.3, -0.25) is 9.58 Å². The molecule has 3 aromatic rings. The van der Waals surface area contributed by atoms with E-state index in [9.17, 15) is 4.39 Å². The van der Waals surface area contributed by atoms with Crippen molar-refractivity contribution in [1.29, 1.82) is 0 Å². The second-order valence-corrected chi connectivity index (χ2v) is 9.38. The first-order chi connectivity index (χ1) is 17.0. The van der Waals surface area contributed by atoms with Crippen molar-refractivity contribution in [2.24, 2.45) is 0 Å². The van der Waals surface area contributed by atoms with E-state index in [2.05, 4.69) is 35.1 Å². The minimum Gasteiger partial charge on any atom is -0.492 e. The molecule has 0 amide bonds. The van der Waals surface area contributed by atoms with Crippen molar-refractivity contribution >= 4 is 0 Å². The molecule has 1 aliphatic rings. The van der Waals surface area contributed by atoms with Gasteiger partial charge in [-0.25, -0.2) is 4.39 Å². The maximum atomic E-state index is 14.0. The number of aromatic nitrogens is 2. The second kappa shape index (κ2) is 11.7. The Kier molecular flexibility index (Phi) is 8.42. The van der Waals surface area contributed by atoms with E-state index in [1.54, 1.807) is 25.3 Å². The lowest BCUT2D eigenvalue weighted by Gasteiger charge is -2.31. The van der Waals surface area contributed by atoms with Gasteiger partial charge in [-0.2, -0.15) is 5.10 Å². The Labute approximate surface area is 207 Å². The van der Waals surface area contributed by atoms with Gasteiger partial charge in [0.1, 0.15) is 24.6 Å². The van der Waals surface area contributed by atoms with Gasteiger partial charge in [-0.15, -0.1) is 0 Å². The van der Waals surface area contributed by atoms with E-state index in [0.717, 1.165) is 62.6 Å². The van der Waals surface area contributed by atoms with E-state index < -0.39 is 5.60 Å². The summed E-state index contributed by atoms with van der Waals surface area (Å²) in [5, 5.41) is 4.49. The first-order valence-corrected chi connectivity index (χ1v) is 12.3. The summed E-state index contributed by atoms with van der Waals surface area (Å²) >= 11 is 0. The molecule has 0 radical (unpaired) electrons. The number of rotatable bonds is 10. The van der Waals surface area contributed by atoms with Gasteiger partial charge in [0, 0.05) is 25.9 Å². The fourth-order valence-electron chi connectivity index (χ4n) is 4.70. The summed E-state index contributed by atoms with van der Waals surface area (Å²) in [7, 11) is 1.73. The number of hydrogen-bond acceptors (Lipinski definition) is 5. The third kappa shape index (κ3) is 6.83. The number of likely N-dealkylation sites (tertiary alicyclic amines) is 1. The number of benzene rings is 2. The minimum absolute atomic E-state index is 0.277. The van der Waals surface area contributed by atoms with Crippen molar-refractivity contribution in [3.05, 3.63) is 77.4 Å². The van der Waals surface area contributed by atoms with E-state index in [0.29, 0.717) is 13.2 Å². The molecule has 1 atom stereocenters. The molecule has 2 aromatic carbocycles. The van der Waals surface area contributed by atoms with Crippen LogP contribution in [0.3, 0.4) is 0 Å². The molecule has 7 heteroatoms. The van der Waals surface area contributed by atoms with Gasteiger partial charge >= 0.3 is 0 Å². The summed E-state index contributed by atoms with van der Waals surface area (Å²) < 4.78 is 33.7. The van der Waals surface area contributed by atoms with Gasteiger partial charge in [0.25, 0.3) is 0 Å². The van der Waals surface area contributed by atoms with E-state index in [1.165, 1.54) is 11.6 Å². The van der Waals surface area contributed by atoms with Crippen molar-refractivity contribution < 1.29 is 18.6 Å². The maximum Gasteiger partial charge on any atom is 0.165 e. The number of halogens is 1. The van der Waals surface area contributed by atoms with Crippen molar-refractivity contribution in [3.8, 4) is 11.5 Å². The molecule has 0 unspecified atom stereocenters. The van der Waals surface area contributed by atoms with Crippen LogP contribution >= 0.6 is 0 Å². The van der Waals surface area contributed by atoms with Crippen molar-refractivity contribution in [2.45, 2.75) is 51.8 Å². The highest BCUT2D eigenvalue weighted by Gasteiger charge is 2.34. The first-order valence-electron chi connectivity index (χ1n) is 12.3. The number of methoxy groups -OCH3 is 1. The van der Waals surface area contributed by atoms with E-state index in [-0.39, 0.29) is 11.6 Å². The van der Waals surface area contributed by atoms with E-state index in [4.69, 9.17) is 14.2 Å². The smallest absolute Gasteiger partial charge is 0.165 e. The van der Waals surface area contributed by atoms with Crippen molar-refractivity contribution in [3.63, 3.8) is 0 Å². The van der Waals surface area contributed by atoms with Crippen LogP contribution in [-0.4, -0.2) is 53.7 Å². The normalized spacial score (nSPS) is 18.9. The van der Waals surface area contributed by atoms with Gasteiger partial charge in [0.15, 0.2) is 11.6 Å². The third-order valence-electron chi connectivity index (χ3n) is 6.73. The van der Waals surface area contributed by atoms with Crippen LogP contribution < -0.4 is 9.47 Å². The molecule has 4 rings (SSSR count). The van der Waals surface area contributed by atoms with Crippen LogP contribution in [0.4, 0.5) is 4.39 Å². The fraction of sp³-hybridized carbons (Fsp3) is 0.464. The molecule has 1 aromatic heterocycles. The molecular formula is C28H36FN3O3. The number of nitrogens with zero attached hydrogens (tertiary/aromatic N) is 3. The Morgan fingerprint density at radius 2 is 1.86 bits per heavy atom. The molecule has 0 spiro atoms. The highest BCUT2D eigenvalue weighted by atomic mass is 19.1. The Bertz CT molecular complexity index is 1100. The first kappa shape index (κ1) is 25.2. The highest BCUT2D eigenvalue weighted by Crippen LogP contribution is 2.29. The summed E-state index contributed by atoms with van der Waals surface area (Å²) in [6.45, 7) is 8.43. The summed E-state index contributed by atoms with van der Waals surface area (Å²) in [5.74, 6) is 0.814. The molecule has 0 bridgehead atoms. The Balaban J connectivity index is 1.29. The average Bonchev–Trinajstić information content (AvgIpc) is 3.04. The van der Waals surface area contributed by atoms with Gasteiger partial charge in [0.2, 0.25) is 0 Å². The molecule has 1 fully saturated rings. The highest BCUT2D eigenvalue weighted by molar-refractivity contribution is 5.28. The van der Waals surface area contributed by atoms with Crippen LogP contribution in [-0.2, 0) is 17.8 Å². The molecule has 0 aliphatic carbocycles. The SMILES string of the molecule is CO[C@@]1(COc2ccccc2F)CCCN(Cc2cccc(OCCn3nc(C)cc3C)c2)CC1. The van der Waals surface area contributed by atoms with Crippen LogP contribution in [0.5, 0.6) is 11.5 Å². The van der Waals surface area contributed by atoms with E-state index >= 15 is 0 Å². The minimum atomic E-state index is -0.412. The number of ether oxygens (including phenoxy) is 3. The molecule has 6 nitrogen and oxygen atoms in total. The molecule has 2 heterocycles. The molecule has 1 saturated heterocycles. The lowest BCUT2D eigenvalue weighted by molar-refractivity contribution is -0.0548. The fourth-order valence-corrected chi connectivity index (χ4v) is 4.70. The number of hydrogen-bond donors (Lipinski definition) is 0. The zero-order chi connectivity index (χ0) is 24.7. The second-order valence-electron chi connectivity index (χ2n) is 9.38. The predicted molar refractivity (Wildman–Crippen MR) is 134 cm³/mol. The predicted octanol–water partition coefficient (Wildman–Crippen LogP) is 5.17. The van der Waals surface area contributed by atoms with Crippen molar-refractivity contribution in [1.82, 2.24) is 14.7 Å². The number of para-hydroxylation sites is 1. The molecule has 0 N–H and O–H groups in total. The summed E-state index contributed by atoms with van der Waals surface area (Å²) in [5.41, 5.74) is 2.98. The van der Waals surface area contributed by atoms with Gasteiger partial charge in [0.05, 0.1) is 12.2 Å². The molecule has 35 heavy (non-hydrogen) atoms. The van der Waals surface area contributed by atoms with Crippen LogP contribution in [0, 0.1) is 19.7 Å². The molecule has 188 valence electrons. The Morgan fingerprint density at radius 1 is 1.00 bits per heavy atom. The standard InChI is InChI=1S/C28H36FN3O3/c1-22-18-23(2)32(30-22)16-17-34-25-9-6-8-24(19-25)20-31-14-7-12-28(33-3,13-15-31)21-35-27-11-5-4-10-26(27)29/h4-6,8-11,18-19H,7,12-17,20-21H2,1-3H3/t28-/m0/s1. The largest absolute Gasteiger partial charge is 0.492 e. The maximum absolute atomic E-state index is 14.0. The van der Waals surface area contributed by atoms with Crippen molar-refractivity contribution in [2.75, 3.05) is 33.4 Å². The molecule has 0 saturated carbocycles. The van der Waals surface area contributed by atoms with Gasteiger partial charge < -0.3 is 14.2 Å². The Morgan fingerprint density at radius 3 is 2.63 bits per heavy atom. The van der Waals surface area contributed by atoms with E-state index in [1.807, 2.05) is 23.7 Å². The van der Waals surface area contributed by atoms with Crippen LogP contribution in [0.15, 0.2) is 54.6 Å². The topological polar surface area (TPSA) is 48.8 Å². The van der Waals surface area contributed by atoms with Crippen LogP contribution in [0.2, 0.25) is 0 Å². The summed E-state index contributed by atoms with van der Waals surface area (Å²) in [4.78, 5) is 2.44. The quantitative estimate of drug-likeness (QED) is 0.400. The lowest BCUT2D eigenvalue weighted by Crippen LogP contribution is -2.39. The molecular weight excluding hydrogens is 445 g/mol. The molecule has 1 aliphatic heterocycles. The number of aryl methyl sites for hydroxylation is 2. The summed E-state index contributed by atoms with van der Waals surface area (Å²) in [6.07, 6.45) is 2.70. The zero-order valence-electron chi connectivity index (χ0n) is 21.0. The van der Waals surface area contributed by atoms with Gasteiger partial charge in [-0.05, 0) is 75.5 Å². The van der Waals surface area contributed by atoms with Crippen LogP contribution in [0.25, 0.3) is 0 Å². The third-order valence-corrected chi connectivity index (χ3v) is 6.73. The van der Waals surface area contributed by atoms with Crippen LogP contribution in [0.1, 0.15) is 36.2 Å². The Hall–Kier alpha value is -2.90. The zero-order valence-corrected chi connectivity index (χ0v) is 21.0. The summed E-state index contributed by atoms with van der Waals surface area (Å²) in [6, 6.07) is 16.9. The average molecular weight is 482 g/mol. The monoisotopic (exact) mass is 481 g/mol.